The summed E-state index contributed by atoms with van der Waals surface area (Å²) in [6.07, 6.45) is 3.12. The Morgan fingerprint density at radius 2 is 2.12 bits per heavy atom. The fraction of sp³-hybridized carbons (Fsp3) is 0.462. The van der Waals surface area contributed by atoms with Gasteiger partial charge in [0, 0.05) is 5.92 Å². The molecule has 1 unspecified atom stereocenters. The topological polar surface area (TPSA) is 29.1 Å². The Morgan fingerprint density at radius 3 is 2.75 bits per heavy atom. The number of nitrogens with one attached hydrogen (secondary N) is 1. The summed E-state index contributed by atoms with van der Waals surface area (Å²) in [6.45, 7) is 4.07. The van der Waals surface area contributed by atoms with Crippen molar-refractivity contribution in [3.05, 3.63) is 29.3 Å². The van der Waals surface area contributed by atoms with Crippen LogP contribution in [-0.2, 0) is 4.79 Å². The van der Waals surface area contributed by atoms with E-state index in [1.54, 1.807) is 6.07 Å². The van der Waals surface area contributed by atoms with Gasteiger partial charge in [-0.2, -0.15) is 0 Å². The van der Waals surface area contributed by atoms with Gasteiger partial charge in [0.1, 0.15) is 0 Å². The molecule has 0 saturated heterocycles. The highest BCUT2D eigenvalue weighted by molar-refractivity contribution is 6.33. The van der Waals surface area contributed by atoms with E-state index in [-0.39, 0.29) is 11.8 Å². The predicted octanol–water partition coefficient (Wildman–Crippen LogP) is 4.10. The van der Waals surface area contributed by atoms with Gasteiger partial charge in [-0.15, -0.1) is 0 Å². The lowest BCUT2D eigenvalue weighted by Gasteiger charge is -2.12. The number of unbranched alkanes of at least 4 members (excludes halogenated alkanes) is 1. The van der Waals surface area contributed by atoms with Crippen LogP contribution < -0.4 is 5.32 Å². The van der Waals surface area contributed by atoms with Crippen molar-refractivity contribution in [3.63, 3.8) is 0 Å². The maximum atomic E-state index is 11.8. The molecule has 3 heteroatoms. The maximum Gasteiger partial charge on any atom is 0.227 e. The van der Waals surface area contributed by atoms with Gasteiger partial charge < -0.3 is 5.32 Å². The molecule has 1 amide bonds. The van der Waals surface area contributed by atoms with Crippen molar-refractivity contribution in [2.24, 2.45) is 5.92 Å². The molecule has 1 N–H and O–H groups in total. The van der Waals surface area contributed by atoms with Gasteiger partial charge in [-0.05, 0) is 18.6 Å². The molecule has 1 atom stereocenters. The van der Waals surface area contributed by atoms with Crippen molar-refractivity contribution >= 4 is 23.2 Å². The largest absolute Gasteiger partial charge is 0.325 e. The molecule has 0 aromatic heterocycles. The minimum Gasteiger partial charge on any atom is -0.325 e. The molecule has 1 aromatic carbocycles. The zero-order valence-corrected chi connectivity index (χ0v) is 10.6. The molecule has 0 saturated carbocycles. The van der Waals surface area contributed by atoms with Crippen LogP contribution in [0, 0.1) is 5.92 Å². The summed E-state index contributed by atoms with van der Waals surface area (Å²) in [5.74, 6) is 0.0813. The molecule has 88 valence electrons. The second-order valence-corrected chi connectivity index (χ2v) is 4.42. The van der Waals surface area contributed by atoms with Gasteiger partial charge in [-0.3, -0.25) is 4.79 Å². The van der Waals surface area contributed by atoms with E-state index in [1.807, 2.05) is 25.1 Å². The van der Waals surface area contributed by atoms with Gasteiger partial charge in [0.2, 0.25) is 5.91 Å². The molecule has 1 rings (SSSR count). The third-order valence-corrected chi connectivity index (χ3v) is 2.90. The van der Waals surface area contributed by atoms with Crippen molar-refractivity contribution in [1.29, 1.82) is 0 Å². The highest BCUT2D eigenvalue weighted by atomic mass is 35.5. The van der Waals surface area contributed by atoms with Crippen molar-refractivity contribution < 1.29 is 4.79 Å². The van der Waals surface area contributed by atoms with Crippen LogP contribution in [0.3, 0.4) is 0 Å². The number of amides is 1. The molecule has 0 bridgehead atoms. The number of benzene rings is 1. The molecule has 0 aliphatic rings. The Morgan fingerprint density at radius 1 is 1.44 bits per heavy atom. The molecule has 2 nitrogen and oxygen atoms in total. The summed E-state index contributed by atoms with van der Waals surface area (Å²) in [4.78, 5) is 11.8. The number of rotatable bonds is 5. The van der Waals surface area contributed by atoms with Crippen LogP contribution in [0.2, 0.25) is 5.02 Å². The van der Waals surface area contributed by atoms with Gasteiger partial charge in [0.25, 0.3) is 0 Å². The van der Waals surface area contributed by atoms with Gasteiger partial charge in [0.15, 0.2) is 0 Å². The lowest BCUT2D eigenvalue weighted by Crippen LogP contribution is -2.20. The molecule has 0 radical (unpaired) electrons. The first kappa shape index (κ1) is 13.0. The van der Waals surface area contributed by atoms with E-state index >= 15 is 0 Å². The first-order valence-electron chi connectivity index (χ1n) is 5.70. The third kappa shape index (κ3) is 3.86. The van der Waals surface area contributed by atoms with Crippen LogP contribution in [0.4, 0.5) is 5.69 Å². The molecular weight excluding hydrogens is 222 g/mol. The van der Waals surface area contributed by atoms with E-state index in [0.717, 1.165) is 19.3 Å². The van der Waals surface area contributed by atoms with Gasteiger partial charge in [-0.25, -0.2) is 0 Å². The Kier molecular flexibility index (Phi) is 5.33. The number of halogens is 1. The second kappa shape index (κ2) is 6.54. The third-order valence-electron chi connectivity index (χ3n) is 2.57. The standard InChI is InChI=1S/C13H18ClNO/c1-3-4-7-10(2)13(16)15-12-9-6-5-8-11(12)14/h5-6,8-10H,3-4,7H2,1-2H3,(H,15,16). The van der Waals surface area contributed by atoms with Crippen LogP contribution in [0.5, 0.6) is 0 Å². The summed E-state index contributed by atoms with van der Waals surface area (Å²) in [6, 6.07) is 7.29. The summed E-state index contributed by atoms with van der Waals surface area (Å²) in [7, 11) is 0. The average Bonchev–Trinajstić information content (AvgIpc) is 2.28. The highest BCUT2D eigenvalue weighted by Crippen LogP contribution is 2.21. The molecule has 16 heavy (non-hydrogen) atoms. The number of hydrogen-bond donors (Lipinski definition) is 1. The lowest BCUT2D eigenvalue weighted by atomic mass is 10.0. The molecule has 1 aromatic rings. The fourth-order valence-corrected chi connectivity index (χ4v) is 1.64. The van der Waals surface area contributed by atoms with E-state index in [2.05, 4.69) is 12.2 Å². The molecule has 0 spiro atoms. The minimum atomic E-state index is 0.0382. The van der Waals surface area contributed by atoms with Gasteiger partial charge >= 0.3 is 0 Å². The summed E-state index contributed by atoms with van der Waals surface area (Å²) < 4.78 is 0. The average molecular weight is 240 g/mol. The van der Waals surface area contributed by atoms with Crippen molar-refractivity contribution in [2.45, 2.75) is 33.1 Å². The van der Waals surface area contributed by atoms with Gasteiger partial charge in [0.05, 0.1) is 10.7 Å². The molecule has 0 fully saturated rings. The Balaban J connectivity index is 2.54. The SMILES string of the molecule is CCCCC(C)C(=O)Nc1ccccc1Cl. The maximum absolute atomic E-state index is 11.8. The number of carbonyl (C=O) groups excluding carboxylic acids is 1. The predicted molar refractivity (Wildman–Crippen MR) is 68.8 cm³/mol. The molecule has 0 aliphatic heterocycles. The quantitative estimate of drug-likeness (QED) is 0.823. The zero-order valence-electron chi connectivity index (χ0n) is 9.79. The number of carbonyl (C=O) groups is 1. The van der Waals surface area contributed by atoms with Crippen molar-refractivity contribution in [3.8, 4) is 0 Å². The van der Waals surface area contributed by atoms with Crippen LogP contribution in [0.1, 0.15) is 33.1 Å². The highest BCUT2D eigenvalue weighted by Gasteiger charge is 2.13. The summed E-state index contributed by atoms with van der Waals surface area (Å²) >= 11 is 5.96. The van der Waals surface area contributed by atoms with Crippen molar-refractivity contribution in [1.82, 2.24) is 0 Å². The Hall–Kier alpha value is -1.02. The van der Waals surface area contributed by atoms with Crippen LogP contribution in [0.25, 0.3) is 0 Å². The monoisotopic (exact) mass is 239 g/mol. The summed E-state index contributed by atoms with van der Waals surface area (Å²) in [5, 5.41) is 3.43. The zero-order chi connectivity index (χ0) is 12.0. The molecule has 0 heterocycles. The van der Waals surface area contributed by atoms with E-state index in [9.17, 15) is 4.79 Å². The first-order chi connectivity index (χ1) is 7.65. The van der Waals surface area contributed by atoms with E-state index in [0.29, 0.717) is 10.7 Å². The van der Waals surface area contributed by atoms with Crippen LogP contribution in [0.15, 0.2) is 24.3 Å². The first-order valence-corrected chi connectivity index (χ1v) is 6.08. The number of anilines is 1. The van der Waals surface area contributed by atoms with Crippen LogP contribution >= 0.6 is 11.6 Å². The van der Waals surface area contributed by atoms with Crippen LogP contribution in [-0.4, -0.2) is 5.91 Å². The Labute approximate surface area is 102 Å². The minimum absolute atomic E-state index is 0.0382. The number of para-hydroxylation sites is 1. The van der Waals surface area contributed by atoms with E-state index < -0.39 is 0 Å². The summed E-state index contributed by atoms with van der Waals surface area (Å²) in [5.41, 5.74) is 0.692. The number of hydrogen-bond acceptors (Lipinski definition) is 1. The van der Waals surface area contributed by atoms with E-state index in [1.165, 1.54) is 0 Å². The molecular formula is C13H18ClNO. The molecule has 0 aliphatic carbocycles. The van der Waals surface area contributed by atoms with Gasteiger partial charge in [-0.1, -0.05) is 50.4 Å². The smallest absolute Gasteiger partial charge is 0.227 e. The van der Waals surface area contributed by atoms with Crippen molar-refractivity contribution in [2.75, 3.05) is 5.32 Å². The van der Waals surface area contributed by atoms with E-state index in [4.69, 9.17) is 11.6 Å². The second-order valence-electron chi connectivity index (χ2n) is 4.01. The Bertz CT molecular complexity index is 352. The lowest BCUT2D eigenvalue weighted by molar-refractivity contribution is -0.119. The fourth-order valence-electron chi connectivity index (χ4n) is 1.46. The normalized spacial score (nSPS) is 12.2.